The van der Waals surface area contributed by atoms with Gasteiger partial charge in [-0.2, -0.15) is 0 Å². The van der Waals surface area contributed by atoms with Crippen molar-refractivity contribution in [2.24, 2.45) is 0 Å². The second-order valence-corrected chi connectivity index (χ2v) is 7.28. The van der Waals surface area contributed by atoms with Crippen molar-refractivity contribution < 1.29 is 9.59 Å². The third-order valence-electron chi connectivity index (χ3n) is 4.44. The van der Waals surface area contributed by atoms with Crippen molar-refractivity contribution in [1.82, 2.24) is 10.2 Å². The second kappa shape index (κ2) is 9.03. The van der Waals surface area contributed by atoms with E-state index in [0.717, 1.165) is 11.4 Å². The van der Waals surface area contributed by atoms with Crippen molar-refractivity contribution in [3.8, 4) is 0 Å². The van der Waals surface area contributed by atoms with Crippen LogP contribution in [0.25, 0.3) is 0 Å². The highest BCUT2D eigenvalue weighted by atomic mass is 35.5. The van der Waals surface area contributed by atoms with Gasteiger partial charge in [0.25, 0.3) is 5.91 Å². The fourth-order valence-corrected chi connectivity index (χ4v) is 3.47. The van der Waals surface area contributed by atoms with Crippen molar-refractivity contribution in [2.75, 3.05) is 36.4 Å². The van der Waals surface area contributed by atoms with E-state index in [1.807, 2.05) is 29.2 Å². The summed E-state index contributed by atoms with van der Waals surface area (Å²) in [5.41, 5.74) is 2.44. The number of piperazine rings is 1. The molecule has 0 aromatic heterocycles. The summed E-state index contributed by atoms with van der Waals surface area (Å²) in [6.45, 7) is 4.05. The molecule has 2 amide bonds. The molecule has 0 spiro atoms. The fourth-order valence-electron chi connectivity index (χ4n) is 3.09. The molecule has 2 aromatic carbocycles. The minimum atomic E-state index is -0.218. The number of para-hydroxylation sites is 2. The maximum atomic E-state index is 12.7. The number of carbonyl (C=O) groups is 2. The first-order valence-corrected chi connectivity index (χ1v) is 9.70. The van der Waals surface area contributed by atoms with Crippen LogP contribution in [-0.2, 0) is 4.79 Å². The van der Waals surface area contributed by atoms with Gasteiger partial charge in [-0.1, -0.05) is 23.7 Å². The Morgan fingerprint density at radius 3 is 2.29 bits per heavy atom. The number of benzene rings is 2. The topological polar surface area (TPSA) is 64.7 Å². The zero-order chi connectivity index (χ0) is 20.1. The normalized spacial score (nSPS) is 13.8. The number of amides is 2. The monoisotopic (exact) mass is 416 g/mol. The van der Waals surface area contributed by atoms with Crippen LogP contribution in [0, 0.1) is 0 Å². The molecule has 0 bridgehead atoms. The Bertz CT molecular complexity index is 880. The molecule has 28 heavy (non-hydrogen) atoms. The van der Waals surface area contributed by atoms with Gasteiger partial charge in [0.15, 0.2) is 5.11 Å². The largest absolute Gasteiger partial charge is 0.366 e. The van der Waals surface area contributed by atoms with Crippen LogP contribution in [-0.4, -0.2) is 48.0 Å². The Labute approximate surface area is 174 Å². The number of halogens is 1. The van der Waals surface area contributed by atoms with Gasteiger partial charge in [-0.15, -0.1) is 0 Å². The van der Waals surface area contributed by atoms with Crippen molar-refractivity contribution in [2.45, 2.75) is 6.92 Å². The summed E-state index contributed by atoms with van der Waals surface area (Å²) in [5.74, 6) is -0.209. The highest BCUT2D eigenvalue weighted by Crippen LogP contribution is 2.27. The third-order valence-corrected chi connectivity index (χ3v) is 4.90. The Morgan fingerprint density at radius 2 is 1.64 bits per heavy atom. The molecule has 2 N–H and O–H groups in total. The lowest BCUT2D eigenvalue weighted by atomic mass is 10.1. The van der Waals surface area contributed by atoms with Crippen LogP contribution in [0.15, 0.2) is 48.5 Å². The molecule has 8 heteroatoms. The van der Waals surface area contributed by atoms with Gasteiger partial charge in [0.1, 0.15) is 0 Å². The minimum Gasteiger partial charge on any atom is -0.366 e. The predicted octanol–water partition coefficient (Wildman–Crippen LogP) is 3.14. The predicted molar refractivity (Wildman–Crippen MR) is 116 cm³/mol. The van der Waals surface area contributed by atoms with Crippen molar-refractivity contribution in [3.63, 3.8) is 0 Å². The van der Waals surface area contributed by atoms with E-state index >= 15 is 0 Å². The molecule has 2 aromatic rings. The van der Waals surface area contributed by atoms with Gasteiger partial charge in [0.05, 0.1) is 11.4 Å². The summed E-state index contributed by atoms with van der Waals surface area (Å²) in [4.78, 5) is 27.9. The number of hydrogen-bond donors (Lipinski definition) is 2. The van der Waals surface area contributed by atoms with Crippen molar-refractivity contribution >= 4 is 52.1 Å². The number of rotatable bonds is 3. The van der Waals surface area contributed by atoms with Gasteiger partial charge in [0, 0.05) is 43.7 Å². The lowest BCUT2D eigenvalue weighted by Crippen LogP contribution is -2.49. The van der Waals surface area contributed by atoms with Crippen LogP contribution >= 0.6 is 23.8 Å². The van der Waals surface area contributed by atoms with E-state index in [2.05, 4.69) is 15.5 Å². The van der Waals surface area contributed by atoms with Gasteiger partial charge >= 0.3 is 0 Å². The van der Waals surface area contributed by atoms with Crippen LogP contribution < -0.4 is 15.5 Å². The Kier molecular flexibility index (Phi) is 6.49. The number of nitrogens with zero attached hydrogens (tertiary/aromatic N) is 2. The van der Waals surface area contributed by atoms with E-state index in [9.17, 15) is 9.59 Å². The van der Waals surface area contributed by atoms with Crippen molar-refractivity contribution in [3.05, 3.63) is 59.1 Å². The SMILES string of the molecule is CC(=O)NC(=S)Nc1ccccc1N1CCN(C(=O)c2ccc(Cl)cc2)CC1. The molecule has 146 valence electrons. The van der Waals surface area contributed by atoms with Gasteiger partial charge < -0.3 is 20.4 Å². The number of thiocarbonyl (C=S) groups is 1. The smallest absolute Gasteiger partial charge is 0.253 e. The van der Waals surface area contributed by atoms with E-state index in [0.29, 0.717) is 36.8 Å². The van der Waals surface area contributed by atoms with Crippen LogP contribution in [0.3, 0.4) is 0 Å². The minimum absolute atomic E-state index is 0.00885. The maximum Gasteiger partial charge on any atom is 0.253 e. The first-order chi connectivity index (χ1) is 13.4. The molecule has 1 saturated heterocycles. The van der Waals surface area contributed by atoms with Crippen LogP contribution in [0.2, 0.25) is 5.02 Å². The van der Waals surface area contributed by atoms with Gasteiger partial charge in [-0.05, 0) is 48.6 Å². The summed E-state index contributed by atoms with van der Waals surface area (Å²) in [5, 5.41) is 6.51. The quantitative estimate of drug-likeness (QED) is 0.752. The molecule has 1 aliphatic heterocycles. The van der Waals surface area contributed by atoms with Gasteiger partial charge in [-0.25, -0.2) is 0 Å². The van der Waals surface area contributed by atoms with Gasteiger partial charge in [0.2, 0.25) is 5.91 Å². The van der Waals surface area contributed by atoms with Crippen LogP contribution in [0.1, 0.15) is 17.3 Å². The van der Waals surface area contributed by atoms with Crippen LogP contribution in [0.5, 0.6) is 0 Å². The molecule has 1 heterocycles. The lowest BCUT2D eigenvalue weighted by molar-refractivity contribution is -0.117. The average Bonchev–Trinajstić information content (AvgIpc) is 2.68. The summed E-state index contributed by atoms with van der Waals surface area (Å²) < 4.78 is 0. The van der Waals surface area contributed by atoms with Crippen LogP contribution in [0.4, 0.5) is 11.4 Å². The van der Waals surface area contributed by atoms with Crippen molar-refractivity contribution in [1.29, 1.82) is 0 Å². The third kappa shape index (κ3) is 4.99. The summed E-state index contributed by atoms with van der Waals surface area (Å²) in [6.07, 6.45) is 0. The standard InChI is InChI=1S/C20H21ClN4O2S/c1-14(26)22-20(28)23-17-4-2-3-5-18(17)24-10-12-25(13-11-24)19(27)15-6-8-16(21)9-7-15/h2-9H,10-13H2,1H3,(H2,22,23,26,28). The Morgan fingerprint density at radius 1 is 1.00 bits per heavy atom. The molecule has 0 radical (unpaired) electrons. The molecule has 0 unspecified atom stereocenters. The number of nitrogens with one attached hydrogen (secondary N) is 2. The number of hydrogen-bond acceptors (Lipinski definition) is 4. The number of carbonyl (C=O) groups excluding carboxylic acids is 2. The molecular weight excluding hydrogens is 396 g/mol. The van der Waals surface area contributed by atoms with Gasteiger partial charge in [-0.3, -0.25) is 9.59 Å². The van der Waals surface area contributed by atoms with E-state index in [4.69, 9.17) is 23.8 Å². The molecule has 0 saturated carbocycles. The molecule has 0 aliphatic carbocycles. The maximum absolute atomic E-state index is 12.7. The Hall–Kier alpha value is -2.64. The molecule has 1 aliphatic rings. The summed E-state index contributed by atoms with van der Waals surface area (Å²) >= 11 is 11.1. The zero-order valence-corrected chi connectivity index (χ0v) is 17.0. The first-order valence-electron chi connectivity index (χ1n) is 8.91. The molecule has 0 atom stereocenters. The molecular formula is C20H21ClN4O2S. The molecule has 3 rings (SSSR count). The van der Waals surface area contributed by atoms with E-state index in [-0.39, 0.29) is 16.9 Å². The number of anilines is 2. The fraction of sp³-hybridized carbons (Fsp3) is 0.250. The highest BCUT2D eigenvalue weighted by molar-refractivity contribution is 7.80. The summed E-state index contributed by atoms with van der Waals surface area (Å²) in [6, 6.07) is 14.7. The second-order valence-electron chi connectivity index (χ2n) is 6.44. The molecule has 1 fully saturated rings. The highest BCUT2D eigenvalue weighted by Gasteiger charge is 2.23. The zero-order valence-electron chi connectivity index (χ0n) is 15.4. The first kappa shape index (κ1) is 20.1. The van der Waals surface area contributed by atoms with E-state index in [1.54, 1.807) is 24.3 Å². The summed E-state index contributed by atoms with van der Waals surface area (Å²) in [7, 11) is 0. The lowest BCUT2D eigenvalue weighted by Gasteiger charge is -2.37. The molecule has 6 nitrogen and oxygen atoms in total. The van der Waals surface area contributed by atoms with E-state index < -0.39 is 0 Å². The average molecular weight is 417 g/mol. The Balaban J connectivity index is 1.65. The van der Waals surface area contributed by atoms with E-state index in [1.165, 1.54) is 6.92 Å².